The molecule has 0 aromatic heterocycles. The molecule has 2 amide bonds. The molecular weight excluding hydrogens is 328 g/mol. The molecule has 5 heteroatoms. The molecule has 0 saturated carbocycles. The highest BCUT2D eigenvalue weighted by Gasteiger charge is 2.09. The van der Waals surface area contributed by atoms with Gasteiger partial charge in [-0.25, -0.2) is 0 Å². The third-order valence-electron chi connectivity index (χ3n) is 3.49. The summed E-state index contributed by atoms with van der Waals surface area (Å²) >= 11 is 0. The van der Waals surface area contributed by atoms with Crippen LogP contribution in [-0.4, -0.2) is 17.9 Å². The van der Waals surface area contributed by atoms with E-state index < -0.39 is 0 Å². The SMILES string of the molecule is CC(C)CC(=O)Nc1ccc(NC(=O)c2cccc(OC(C)C)c2)cc1. The van der Waals surface area contributed by atoms with Gasteiger partial charge in [0.15, 0.2) is 0 Å². The largest absolute Gasteiger partial charge is 0.491 e. The van der Waals surface area contributed by atoms with Gasteiger partial charge in [0, 0.05) is 23.4 Å². The molecule has 2 rings (SSSR count). The number of rotatable bonds is 7. The fourth-order valence-corrected chi connectivity index (χ4v) is 2.41. The van der Waals surface area contributed by atoms with Gasteiger partial charge in [0.2, 0.25) is 5.91 Å². The van der Waals surface area contributed by atoms with Crippen LogP contribution in [0.3, 0.4) is 0 Å². The van der Waals surface area contributed by atoms with E-state index in [0.717, 1.165) is 0 Å². The van der Waals surface area contributed by atoms with E-state index in [-0.39, 0.29) is 17.9 Å². The standard InChI is InChI=1S/C21H26N2O3/c1-14(2)12-20(24)22-17-8-10-18(11-9-17)23-21(25)16-6-5-7-19(13-16)26-15(3)4/h5-11,13-15H,12H2,1-4H3,(H,22,24)(H,23,25). The van der Waals surface area contributed by atoms with E-state index in [1.807, 2.05) is 33.8 Å². The lowest BCUT2D eigenvalue weighted by Crippen LogP contribution is -2.14. The third-order valence-corrected chi connectivity index (χ3v) is 3.49. The fourth-order valence-electron chi connectivity index (χ4n) is 2.41. The highest BCUT2D eigenvalue weighted by atomic mass is 16.5. The molecule has 2 N–H and O–H groups in total. The average molecular weight is 354 g/mol. The van der Waals surface area contributed by atoms with Crippen LogP contribution < -0.4 is 15.4 Å². The fraction of sp³-hybridized carbons (Fsp3) is 0.333. The topological polar surface area (TPSA) is 67.4 Å². The Hall–Kier alpha value is -2.82. The molecular formula is C21H26N2O3. The van der Waals surface area contributed by atoms with E-state index in [0.29, 0.717) is 35.0 Å². The zero-order valence-electron chi connectivity index (χ0n) is 15.7. The Morgan fingerprint density at radius 1 is 0.923 bits per heavy atom. The molecule has 0 atom stereocenters. The van der Waals surface area contributed by atoms with Crippen LogP contribution in [-0.2, 0) is 4.79 Å². The van der Waals surface area contributed by atoms with Gasteiger partial charge in [0.1, 0.15) is 5.75 Å². The Morgan fingerprint density at radius 3 is 2.12 bits per heavy atom. The molecule has 0 bridgehead atoms. The summed E-state index contributed by atoms with van der Waals surface area (Å²) in [4.78, 5) is 24.2. The maximum absolute atomic E-state index is 12.4. The molecule has 0 fully saturated rings. The monoisotopic (exact) mass is 354 g/mol. The minimum absolute atomic E-state index is 0.0150. The smallest absolute Gasteiger partial charge is 0.255 e. The van der Waals surface area contributed by atoms with Crippen molar-refractivity contribution in [1.29, 1.82) is 0 Å². The van der Waals surface area contributed by atoms with E-state index in [2.05, 4.69) is 10.6 Å². The predicted octanol–water partition coefficient (Wildman–Crippen LogP) is 4.71. The van der Waals surface area contributed by atoms with Crippen molar-refractivity contribution in [2.24, 2.45) is 5.92 Å². The van der Waals surface area contributed by atoms with Gasteiger partial charge in [-0.1, -0.05) is 19.9 Å². The van der Waals surface area contributed by atoms with Crippen molar-refractivity contribution in [3.63, 3.8) is 0 Å². The van der Waals surface area contributed by atoms with Gasteiger partial charge in [-0.2, -0.15) is 0 Å². The maximum Gasteiger partial charge on any atom is 0.255 e. The molecule has 26 heavy (non-hydrogen) atoms. The van der Waals surface area contributed by atoms with Crippen LogP contribution >= 0.6 is 0 Å². The van der Waals surface area contributed by atoms with Crippen LogP contribution in [0.5, 0.6) is 5.75 Å². The first kappa shape index (κ1) is 19.5. The Balaban J connectivity index is 1.98. The minimum atomic E-state index is -0.212. The highest BCUT2D eigenvalue weighted by Crippen LogP contribution is 2.18. The molecule has 0 aliphatic heterocycles. The van der Waals surface area contributed by atoms with Crippen molar-refractivity contribution in [2.75, 3.05) is 10.6 Å². The molecule has 0 aliphatic rings. The molecule has 0 heterocycles. The highest BCUT2D eigenvalue weighted by molar-refractivity contribution is 6.04. The number of benzene rings is 2. The van der Waals surface area contributed by atoms with Gasteiger partial charge >= 0.3 is 0 Å². The van der Waals surface area contributed by atoms with E-state index in [1.165, 1.54) is 0 Å². The van der Waals surface area contributed by atoms with E-state index in [1.54, 1.807) is 42.5 Å². The van der Waals surface area contributed by atoms with Crippen LogP contribution in [0.1, 0.15) is 44.5 Å². The summed E-state index contributed by atoms with van der Waals surface area (Å²) in [5.74, 6) is 0.745. The number of ether oxygens (including phenoxy) is 1. The second-order valence-electron chi connectivity index (χ2n) is 6.87. The first-order valence-corrected chi connectivity index (χ1v) is 8.81. The van der Waals surface area contributed by atoms with Gasteiger partial charge < -0.3 is 15.4 Å². The maximum atomic E-state index is 12.4. The van der Waals surface area contributed by atoms with Crippen molar-refractivity contribution in [2.45, 2.75) is 40.2 Å². The molecule has 138 valence electrons. The zero-order chi connectivity index (χ0) is 19.1. The number of carbonyl (C=O) groups excluding carboxylic acids is 2. The summed E-state index contributed by atoms with van der Waals surface area (Å²) in [6.45, 7) is 7.88. The van der Waals surface area contributed by atoms with Crippen molar-refractivity contribution < 1.29 is 14.3 Å². The van der Waals surface area contributed by atoms with Crippen molar-refractivity contribution in [1.82, 2.24) is 0 Å². The predicted molar refractivity (Wildman–Crippen MR) is 105 cm³/mol. The lowest BCUT2D eigenvalue weighted by molar-refractivity contribution is -0.116. The number of carbonyl (C=O) groups is 2. The van der Waals surface area contributed by atoms with E-state index in [4.69, 9.17) is 4.74 Å². The van der Waals surface area contributed by atoms with Gasteiger partial charge in [0.25, 0.3) is 5.91 Å². The molecule has 0 aliphatic carbocycles. The van der Waals surface area contributed by atoms with Gasteiger partial charge in [0.05, 0.1) is 6.10 Å². The number of anilines is 2. The first-order chi connectivity index (χ1) is 12.3. The van der Waals surface area contributed by atoms with Gasteiger partial charge in [-0.15, -0.1) is 0 Å². The minimum Gasteiger partial charge on any atom is -0.491 e. The van der Waals surface area contributed by atoms with Crippen molar-refractivity contribution in [3.8, 4) is 5.75 Å². The summed E-state index contributed by atoms with van der Waals surface area (Å²) in [6.07, 6.45) is 0.527. The summed E-state index contributed by atoms with van der Waals surface area (Å²) in [5, 5.41) is 5.69. The quantitative estimate of drug-likeness (QED) is 0.756. The van der Waals surface area contributed by atoms with Gasteiger partial charge in [-0.3, -0.25) is 9.59 Å². The number of nitrogens with one attached hydrogen (secondary N) is 2. The Morgan fingerprint density at radius 2 is 1.54 bits per heavy atom. The second kappa shape index (κ2) is 9.04. The van der Waals surface area contributed by atoms with Crippen molar-refractivity contribution in [3.05, 3.63) is 54.1 Å². The molecule has 0 unspecified atom stereocenters. The Bertz CT molecular complexity index is 752. The normalized spacial score (nSPS) is 10.7. The summed E-state index contributed by atoms with van der Waals surface area (Å²) in [6, 6.07) is 14.1. The zero-order valence-corrected chi connectivity index (χ0v) is 15.7. The lowest BCUT2D eigenvalue weighted by Gasteiger charge is -2.11. The molecule has 5 nitrogen and oxygen atoms in total. The van der Waals surface area contributed by atoms with Crippen LogP contribution in [0, 0.1) is 5.92 Å². The van der Waals surface area contributed by atoms with E-state index in [9.17, 15) is 9.59 Å². The summed E-state index contributed by atoms with van der Waals surface area (Å²) in [7, 11) is 0. The van der Waals surface area contributed by atoms with E-state index >= 15 is 0 Å². The summed E-state index contributed by atoms with van der Waals surface area (Å²) < 4.78 is 5.62. The molecule has 0 spiro atoms. The molecule has 0 saturated heterocycles. The van der Waals surface area contributed by atoms with Crippen LogP contribution in [0.25, 0.3) is 0 Å². The number of hydrogen-bond acceptors (Lipinski definition) is 3. The Kier molecular flexibility index (Phi) is 6.78. The molecule has 2 aromatic carbocycles. The van der Waals surface area contributed by atoms with Crippen molar-refractivity contribution >= 4 is 23.2 Å². The number of amides is 2. The van der Waals surface area contributed by atoms with Crippen LogP contribution in [0.2, 0.25) is 0 Å². The van der Waals surface area contributed by atoms with Gasteiger partial charge in [-0.05, 0) is 62.2 Å². The average Bonchev–Trinajstić information content (AvgIpc) is 2.55. The summed E-state index contributed by atoms with van der Waals surface area (Å²) in [5.41, 5.74) is 1.89. The van der Waals surface area contributed by atoms with Crippen LogP contribution in [0.4, 0.5) is 11.4 Å². The first-order valence-electron chi connectivity index (χ1n) is 8.81. The lowest BCUT2D eigenvalue weighted by atomic mass is 10.1. The van der Waals surface area contributed by atoms with Crippen LogP contribution in [0.15, 0.2) is 48.5 Å². The third kappa shape index (κ3) is 6.24. The Labute approximate surface area is 154 Å². The number of hydrogen-bond donors (Lipinski definition) is 2. The second-order valence-corrected chi connectivity index (χ2v) is 6.87. The molecule has 2 aromatic rings. The molecule has 0 radical (unpaired) electrons.